The van der Waals surface area contributed by atoms with Gasteiger partial charge < -0.3 is 25.9 Å². The number of nitrogens with two attached hydrogens (primary N) is 1. The van der Waals surface area contributed by atoms with E-state index < -0.39 is 51.8 Å². The number of nitro benzene ring substituents is 1. The number of aromatic nitrogens is 1. The molecule has 1 fully saturated rings. The average molecular weight is 582 g/mol. The number of carbonyl (C=O) groups is 3. The summed E-state index contributed by atoms with van der Waals surface area (Å²) in [5, 5.41) is 20.3. The zero-order valence-corrected chi connectivity index (χ0v) is 20.4. The van der Waals surface area contributed by atoms with Gasteiger partial charge >= 0.3 is 46.0 Å². The van der Waals surface area contributed by atoms with E-state index in [1.807, 2.05) is 0 Å². The Kier molecular flexibility index (Phi) is 10.5. The molecule has 1 aromatic heterocycles. The summed E-state index contributed by atoms with van der Waals surface area (Å²) < 4.78 is 37.7. The molecule has 1 aromatic carbocycles. The van der Waals surface area contributed by atoms with Crippen molar-refractivity contribution in [1.82, 2.24) is 19.9 Å². The number of β-lactam (4-membered cyclic amide) rings is 1. The fourth-order valence-corrected chi connectivity index (χ4v) is 4.59. The Morgan fingerprint density at radius 2 is 2.00 bits per heavy atom. The molecular weight excluding hydrogens is 561 g/mol. The molecule has 0 radical (unpaired) electrons. The Balaban J connectivity index is 0.00000507. The maximum atomic E-state index is 12.7. The van der Waals surface area contributed by atoms with Gasteiger partial charge in [0.25, 0.3) is 17.5 Å². The number of ether oxygens (including phenoxy) is 1. The van der Waals surface area contributed by atoms with Gasteiger partial charge in [0.15, 0.2) is 10.8 Å². The molecule has 2 atom stereocenters. The van der Waals surface area contributed by atoms with E-state index >= 15 is 0 Å². The topological polar surface area (TPSA) is 246 Å². The zero-order valence-electron chi connectivity index (χ0n) is 18.8. The zero-order chi connectivity index (χ0) is 27.3. The molecule has 1 saturated heterocycles. The number of anilines is 1. The van der Waals surface area contributed by atoms with Crippen molar-refractivity contribution < 1.29 is 41.9 Å². The Bertz CT molecular complexity index is 1350. The third-order valence-electron chi connectivity index (χ3n) is 4.84. The van der Waals surface area contributed by atoms with Crippen LogP contribution >= 0.6 is 11.3 Å². The normalized spacial score (nSPS) is 17.1. The summed E-state index contributed by atoms with van der Waals surface area (Å²) in [5.41, 5.74) is 5.50. The van der Waals surface area contributed by atoms with Crippen molar-refractivity contribution in [3.05, 3.63) is 51.0 Å². The Morgan fingerprint density at radius 3 is 2.53 bits per heavy atom. The molecule has 0 aliphatic carbocycles. The predicted octanol–water partition coefficient (Wildman–Crippen LogP) is -1.24. The van der Waals surface area contributed by atoms with Crippen molar-refractivity contribution in [2.75, 3.05) is 19.4 Å². The molecule has 17 nitrogen and oxygen atoms in total. The third-order valence-corrected chi connectivity index (χ3v) is 6.46. The average Bonchev–Trinajstić information content (AvgIpc) is 3.26. The van der Waals surface area contributed by atoms with E-state index in [0.717, 1.165) is 18.4 Å². The van der Waals surface area contributed by atoms with Gasteiger partial charge in [0.05, 0.1) is 11.0 Å². The Hall–Kier alpha value is -3.36. The summed E-state index contributed by atoms with van der Waals surface area (Å²) in [4.78, 5) is 55.8. The summed E-state index contributed by atoms with van der Waals surface area (Å²) in [7, 11) is -3.86. The molecule has 3 amide bonds. The maximum absolute atomic E-state index is 12.7. The number of alkyl carbamates (subject to hydrolysis) is 1. The molecular formula is C18H20N7NaO10S2. The van der Waals surface area contributed by atoms with Crippen molar-refractivity contribution in [3.8, 4) is 0 Å². The van der Waals surface area contributed by atoms with Gasteiger partial charge in [-0.3, -0.25) is 24.3 Å². The number of nitro groups is 1. The van der Waals surface area contributed by atoms with E-state index in [2.05, 4.69) is 25.6 Å². The van der Waals surface area contributed by atoms with Crippen LogP contribution in [-0.2, 0) is 36.1 Å². The van der Waals surface area contributed by atoms with Crippen LogP contribution in [0.3, 0.4) is 0 Å². The first-order valence-corrected chi connectivity index (χ1v) is 12.3. The first kappa shape index (κ1) is 30.9. The van der Waals surface area contributed by atoms with Crippen LogP contribution in [0.15, 0.2) is 34.8 Å². The standard InChI is InChI=1S/C18H19N7O10S2.Na.H/c1-34-23-13(11-8-36-17(19)21-11)15(26)22-14-12(24(16(14)27)37(31,32)33)6-20-18(28)35-7-9-2-4-10(5-3-9)25(29)30;;/h2-5,8,12,14H,6-7H2,1H3,(H2,19,21)(H,20,28)(H,22,26)(H,31,32,33);;/b23-13-;;. The van der Waals surface area contributed by atoms with Gasteiger partial charge in [0.1, 0.15) is 25.5 Å². The SMILES string of the molecule is CO/N=C(\C(=O)NC1C(=O)N(S(=O)(=O)O)C1CNC(=O)OCc1ccc([N+](=O)[O-])cc1)c1csc(N)n1.[NaH]. The number of hydrogen-bond donors (Lipinski definition) is 4. The van der Waals surface area contributed by atoms with Gasteiger partial charge in [-0.25, -0.2) is 14.1 Å². The summed E-state index contributed by atoms with van der Waals surface area (Å²) in [6.07, 6.45) is -1.03. The molecule has 38 heavy (non-hydrogen) atoms. The second-order valence-corrected chi connectivity index (χ2v) is 9.38. The first-order valence-electron chi connectivity index (χ1n) is 10.0. The Labute approximate surface area is 240 Å². The summed E-state index contributed by atoms with van der Waals surface area (Å²) in [6.45, 7) is -0.820. The van der Waals surface area contributed by atoms with Crippen LogP contribution in [0.4, 0.5) is 15.6 Å². The second-order valence-electron chi connectivity index (χ2n) is 7.20. The second kappa shape index (κ2) is 12.9. The van der Waals surface area contributed by atoms with Crippen LogP contribution < -0.4 is 16.4 Å². The molecule has 2 unspecified atom stereocenters. The van der Waals surface area contributed by atoms with Crippen molar-refractivity contribution in [2.24, 2.45) is 5.16 Å². The fraction of sp³-hybridized carbons (Fsp3) is 0.278. The van der Waals surface area contributed by atoms with Gasteiger partial charge in [0.2, 0.25) is 0 Å². The summed E-state index contributed by atoms with van der Waals surface area (Å²) in [5.74, 6) is -2.14. The van der Waals surface area contributed by atoms with E-state index in [0.29, 0.717) is 5.56 Å². The summed E-state index contributed by atoms with van der Waals surface area (Å²) in [6, 6.07) is 2.28. The van der Waals surface area contributed by atoms with Gasteiger partial charge in [-0.15, -0.1) is 11.3 Å². The number of nitrogen functional groups attached to an aromatic ring is 1. The predicted molar refractivity (Wildman–Crippen MR) is 133 cm³/mol. The van der Waals surface area contributed by atoms with Crippen molar-refractivity contribution in [3.63, 3.8) is 0 Å². The van der Waals surface area contributed by atoms with Crippen molar-refractivity contribution in [1.29, 1.82) is 0 Å². The van der Waals surface area contributed by atoms with Crippen molar-refractivity contribution >= 4 is 85.6 Å². The number of benzene rings is 1. The van der Waals surface area contributed by atoms with E-state index in [9.17, 15) is 37.5 Å². The van der Waals surface area contributed by atoms with Crippen molar-refractivity contribution in [2.45, 2.75) is 18.7 Å². The number of non-ortho nitro benzene ring substituents is 1. The number of nitrogens with one attached hydrogen (secondary N) is 2. The molecule has 1 aliphatic heterocycles. The number of nitrogens with zero attached hydrogens (tertiary/aromatic N) is 4. The molecule has 2 aromatic rings. The molecule has 3 rings (SSSR count). The van der Waals surface area contributed by atoms with Crippen LogP contribution in [-0.4, -0.2) is 106 Å². The molecule has 0 bridgehead atoms. The van der Waals surface area contributed by atoms with Crippen LogP contribution in [0.5, 0.6) is 0 Å². The van der Waals surface area contributed by atoms with Crippen LogP contribution in [0.1, 0.15) is 11.3 Å². The number of amides is 3. The number of rotatable bonds is 10. The van der Waals surface area contributed by atoms with E-state index in [4.69, 9.17) is 10.5 Å². The number of thiazole rings is 1. The Morgan fingerprint density at radius 1 is 1.34 bits per heavy atom. The van der Waals surface area contributed by atoms with Crippen LogP contribution in [0.25, 0.3) is 0 Å². The molecule has 2 heterocycles. The van der Waals surface area contributed by atoms with Gasteiger partial charge in [-0.2, -0.15) is 8.42 Å². The molecule has 0 spiro atoms. The van der Waals surface area contributed by atoms with Gasteiger partial charge in [-0.1, -0.05) is 5.16 Å². The fourth-order valence-electron chi connectivity index (χ4n) is 3.17. The molecule has 5 N–H and O–H groups in total. The minimum atomic E-state index is -5.02. The third kappa shape index (κ3) is 7.36. The minimum absolute atomic E-state index is 0. The molecule has 1 aliphatic rings. The quantitative estimate of drug-likeness (QED) is 0.0643. The first-order chi connectivity index (χ1) is 17.4. The van der Waals surface area contributed by atoms with E-state index in [1.165, 1.54) is 29.6 Å². The summed E-state index contributed by atoms with van der Waals surface area (Å²) >= 11 is 1.01. The van der Waals surface area contributed by atoms with Gasteiger partial charge in [-0.05, 0) is 17.7 Å². The molecule has 200 valence electrons. The number of oxime groups is 1. The van der Waals surface area contributed by atoms with Gasteiger partial charge in [0, 0.05) is 24.1 Å². The number of hydrogen-bond acceptors (Lipinski definition) is 13. The molecule has 20 heteroatoms. The van der Waals surface area contributed by atoms with E-state index in [1.54, 1.807) is 0 Å². The monoisotopic (exact) mass is 581 g/mol. The number of carbonyl (C=O) groups excluding carboxylic acids is 3. The van der Waals surface area contributed by atoms with E-state index in [-0.39, 0.29) is 62.7 Å². The van der Waals surface area contributed by atoms with Crippen LogP contribution in [0, 0.1) is 10.1 Å². The molecule has 0 saturated carbocycles. The van der Waals surface area contributed by atoms with Crippen LogP contribution in [0.2, 0.25) is 0 Å².